The first-order chi connectivity index (χ1) is 11.1. The van der Waals surface area contributed by atoms with E-state index >= 15 is 0 Å². The summed E-state index contributed by atoms with van der Waals surface area (Å²) < 4.78 is 18.5. The minimum absolute atomic E-state index is 0.237. The number of aryl methyl sites for hydroxylation is 1. The Hall–Kier alpha value is -2.56. The molecular formula is C18H22FN3O. The number of nitrogens with zero attached hydrogens (tertiary/aromatic N) is 1. The number of rotatable bonds is 5. The average Bonchev–Trinajstić information content (AvgIpc) is 2.56. The van der Waals surface area contributed by atoms with E-state index in [2.05, 4.69) is 15.6 Å². The summed E-state index contributed by atoms with van der Waals surface area (Å²) in [6.45, 7) is 3.14. The standard InChI is InChI=1S/C18H22FN3O/c1-13-7-8-15(10-17(13)23-3)12-22-18(20-2)21-11-14-5-4-6-16(19)9-14/h4-10H,11-12H2,1-3H3,(H2,20,21,22). The van der Waals surface area contributed by atoms with Crippen LogP contribution in [-0.2, 0) is 13.1 Å². The monoisotopic (exact) mass is 315 g/mol. The Morgan fingerprint density at radius 2 is 1.78 bits per heavy atom. The number of guanidine groups is 1. The van der Waals surface area contributed by atoms with Crippen LogP contribution in [0.5, 0.6) is 5.75 Å². The van der Waals surface area contributed by atoms with E-state index in [4.69, 9.17) is 4.74 Å². The van der Waals surface area contributed by atoms with Crippen molar-refractivity contribution in [2.75, 3.05) is 14.2 Å². The smallest absolute Gasteiger partial charge is 0.191 e. The molecule has 0 saturated carbocycles. The zero-order valence-corrected chi connectivity index (χ0v) is 13.7. The van der Waals surface area contributed by atoms with Crippen molar-refractivity contribution in [3.63, 3.8) is 0 Å². The summed E-state index contributed by atoms with van der Waals surface area (Å²) in [6, 6.07) is 12.6. The molecule has 2 aromatic rings. The van der Waals surface area contributed by atoms with Gasteiger partial charge in [0.1, 0.15) is 11.6 Å². The van der Waals surface area contributed by atoms with Gasteiger partial charge in [-0.15, -0.1) is 0 Å². The molecule has 0 aromatic heterocycles. The predicted molar refractivity (Wildman–Crippen MR) is 91.2 cm³/mol. The van der Waals surface area contributed by atoms with Crippen LogP contribution in [0.3, 0.4) is 0 Å². The third-order valence-electron chi connectivity index (χ3n) is 3.51. The predicted octanol–water partition coefficient (Wildman–Crippen LogP) is 3.01. The normalized spacial score (nSPS) is 11.2. The van der Waals surface area contributed by atoms with E-state index in [0.29, 0.717) is 19.0 Å². The van der Waals surface area contributed by atoms with Gasteiger partial charge in [-0.3, -0.25) is 4.99 Å². The summed E-state index contributed by atoms with van der Waals surface area (Å²) in [5, 5.41) is 6.40. The van der Waals surface area contributed by atoms with Crippen molar-refractivity contribution in [3.05, 3.63) is 65.0 Å². The third-order valence-corrected chi connectivity index (χ3v) is 3.51. The van der Waals surface area contributed by atoms with Crippen molar-refractivity contribution in [2.24, 2.45) is 4.99 Å². The molecule has 0 heterocycles. The fraction of sp³-hybridized carbons (Fsp3) is 0.278. The molecule has 122 valence electrons. The van der Waals surface area contributed by atoms with Gasteiger partial charge in [-0.1, -0.05) is 24.3 Å². The number of nitrogens with one attached hydrogen (secondary N) is 2. The Kier molecular flexibility index (Phi) is 5.97. The molecule has 2 rings (SSSR count). The van der Waals surface area contributed by atoms with Crippen molar-refractivity contribution in [3.8, 4) is 5.75 Å². The summed E-state index contributed by atoms with van der Waals surface area (Å²) in [5.41, 5.74) is 3.07. The van der Waals surface area contributed by atoms with Gasteiger partial charge in [-0.25, -0.2) is 4.39 Å². The topological polar surface area (TPSA) is 45.7 Å². The SMILES string of the molecule is CN=C(NCc1cccc(F)c1)NCc1ccc(C)c(OC)c1. The molecule has 0 saturated heterocycles. The summed E-state index contributed by atoms with van der Waals surface area (Å²) >= 11 is 0. The summed E-state index contributed by atoms with van der Waals surface area (Å²) in [7, 11) is 3.37. The number of ether oxygens (including phenoxy) is 1. The first-order valence-electron chi connectivity index (χ1n) is 7.45. The maximum atomic E-state index is 13.2. The van der Waals surface area contributed by atoms with Crippen molar-refractivity contribution in [1.29, 1.82) is 0 Å². The van der Waals surface area contributed by atoms with Gasteiger partial charge in [0.15, 0.2) is 5.96 Å². The zero-order chi connectivity index (χ0) is 16.7. The van der Waals surface area contributed by atoms with Crippen LogP contribution in [0, 0.1) is 12.7 Å². The Labute approximate surface area is 136 Å². The van der Waals surface area contributed by atoms with Gasteiger partial charge in [-0.05, 0) is 41.8 Å². The molecule has 2 aromatic carbocycles. The highest BCUT2D eigenvalue weighted by Gasteiger charge is 2.03. The van der Waals surface area contributed by atoms with Crippen LogP contribution < -0.4 is 15.4 Å². The fourth-order valence-electron chi connectivity index (χ4n) is 2.21. The second-order valence-corrected chi connectivity index (χ2v) is 5.21. The van der Waals surface area contributed by atoms with E-state index < -0.39 is 0 Å². The lowest BCUT2D eigenvalue weighted by atomic mass is 10.1. The van der Waals surface area contributed by atoms with E-state index in [9.17, 15) is 4.39 Å². The Balaban J connectivity index is 1.90. The van der Waals surface area contributed by atoms with Crippen LogP contribution in [0.1, 0.15) is 16.7 Å². The molecule has 0 radical (unpaired) electrons. The molecule has 0 aliphatic rings. The Bertz CT molecular complexity index is 686. The average molecular weight is 315 g/mol. The summed E-state index contributed by atoms with van der Waals surface area (Å²) in [6.07, 6.45) is 0. The molecule has 0 bridgehead atoms. The highest BCUT2D eigenvalue weighted by atomic mass is 19.1. The van der Waals surface area contributed by atoms with Crippen molar-refractivity contribution < 1.29 is 9.13 Å². The molecular weight excluding hydrogens is 293 g/mol. The van der Waals surface area contributed by atoms with Crippen molar-refractivity contribution in [1.82, 2.24) is 10.6 Å². The molecule has 5 heteroatoms. The van der Waals surface area contributed by atoms with Crippen LogP contribution in [0.15, 0.2) is 47.5 Å². The molecule has 0 aliphatic heterocycles. The van der Waals surface area contributed by atoms with Gasteiger partial charge < -0.3 is 15.4 Å². The van der Waals surface area contributed by atoms with Crippen LogP contribution in [0.2, 0.25) is 0 Å². The maximum Gasteiger partial charge on any atom is 0.191 e. The van der Waals surface area contributed by atoms with E-state index in [1.54, 1.807) is 20.2 Å². The van der Waals surface area contributed by atoms with Gasteiger partial charge in [0.25, 0.3) is 0 Å². The van der Waals surface area contributed by atoms with Crippen LogP contribution >= 0.6 is 0 Å². The lowest BCUT2D eigenvalue weighted by Crippen LogP contribution is -2.36. The quantitative estimate of drug-likeness (QED) is 0.658. The Morgan fingerprint density at radius 3 is 2.39 bits per heavy atom. The molecule has 0 fully saturated rings. The number of aliphatic imine (C=N–C) groups is 1. The first kappa shape index (κ1) is 16.8. The van der Waals surface area contributed by atoms with Gasteiger partial charge in [0.2, 0.25) is 0 Å². The highest BCUT2D eigenvalue weighted by Crippen LogP contribution is 2.18. The molecule has 0 amide bonds. The Morgan fingerprint density at radius 1 is 1.09 bits per heavy atom. The number of hydrogen-bond donors (Lipinski definition) is 2. The lowest BCUT2D eigenvalue weighted by Gasteiger charge is -2.13. The van der Waals surface area contributed by atoms with Gasteiger partial charge in [0, 0.05) is 20.1 Å². The van der Waals surface area contributed by atoms with Gasteiger partial charge >= 0.3 is 0 Å². The first-order valence-corrected chi connectivity index (χ1v) is 7.45. The number of halogens is 1. The number of methoxy groups -OCH3 is 1. The second kappa shape index (κ2) is 8.17. The summed E-state index contributed by atoms with van der Waals surface area (Å²) in [5.74, 6) is 1.29. The number of hydrogen-bond acceptors (Lipinski definition) is 2. The minimum Gasteiger partial charge on any atom is -0.496 e. The van der Waals surface area contributed by atoms with E-state index in [0.717, 1.165) is 22.4 Å². The second-order valence-electron chi connectivity index (χ2n) is 5.21. The van der Waals surface area contributed by atoms with Crippen molar-refractivity contribution in [2.45, 2.75) is 20.0 Å². The fourth-order valence-corrected chi connectivity index (χ4v) is 2.21. The molecule has 0 unspecified atom stereocenters. The van der Waals surface area contributed by atoms with Crippen LogP contribution in [0.25, 0.3) is 0 Å². The minimum atomic E-state index is -0.237. The lowest BCUT2D eigenvalue weighted by molar-refractivity contribution is 0.411. The third kappa shape index (κ3) is 4.98. The zero-order valence-electron chi connectivity index (χ0n) is 13.7. The van der Waals surface area contributed by atoms with Gasteiger partial charge in [0.05, 0.1) is 7.11 Å². The number of benzene rings is 2. The van der Waals surface area contributed by atoms with Gasteiger partial charge in [-0.2, -0.15) is 0 Å². The molecule has 2 N–H and O–H groups in total. The van der Waals surface area contributed by atoms with E-state index in [1.807, 2.05) is 31.2 Å². The summed E-state index contributed by atoms with van der Waals surface area (Å²) in [4.78, 5) is 4.17. The molecule has 23 heavy (non-hydrogen) atoms. The van der Waals surface area contributed by atoms with Crippen LogP contribution in [0.4, 0.5) is 4.39 Å². The molecule has 4 nitrogen and oxygen atoms in total. The van der Waals surface area contributed by atoms with Crippen molar-refractivity contribution >= 4 is 5.96 Å². The van der Waals surface area contributed by atoms with Crippen LogP contribution in [-0.4, -0.2) is 20.1 Å². The highest BCUT2D eigenvalue weighted by molar-refractivity contribution is 5.79. The molecule has 0 atom stereocenters. The molecule has 0 spiro atoms. The van der Waals surface area contributed by atoms with E-state index in [-0.39, 0.29) is 5.82 Å². The molecule has 0 aliphatic carbocycles. The maximum absolute atomic E-state index is 13.2. The van der Waals surface area contributed by atoms with E-state index in [1.165, 1.54) is 12.1 Å². The largest absolute Gasteiger partial charge is 0.496 e.